The van der Waals surface area contributed by atoms with E-state index in [1.54, 1.807) is 24.4 Å². The number of fused-ring (bicyclic) bond motifs is 1. The summed E-state index contributed by atoms with van der Waals surface area (Å²) in [7, 11) is 0. The van der Waals surface area contributed by atoms with Crippen molar-refractivity contribution in [2.75, 3.05) is 6.61 Å². The average molecular weight is 365 g/mol. The molecule has 27 heavy (non-hydrogen) atoms. The van der Waals surface area contributed by atoms with Crippen molar-refractivity contribution in [3.8, 4) is 22.5 Å². The SMILES string of the molecule is O=C1NC(CCCO)Cc2[nH]c(-c3ccnc(-c4ccccc4F)c3)cc21. The first-order valence-electron chi connectivity index (χ1n) is 9.00. The molecule has 3 aromatic rings. The Hall–Kier alpha value is -2.99. The predicted molar refractivity (Wildman–Crippen MR) is 101 cm³/mol. The number of nitrogens with one attached hydrogen (secondary N) is 2. The number of aliphatic hydroxyl groups excluding tert-OH is 1. The van der Waals surface area contributed by atoms with Gasteiger partial charge in [0, 0.05) is 47.8 Å². The number of carbonyl (C=O) groups is 1. The van der Waals surface area contributed by atoms with Crippen molar-refractivity contribution in [2.45, 2.75) is 25.3 Å². The highest BCUT2D eigenvalue weighted by Gasteiger charge is 2.26. The summed E-state index contributed by atoms with van der Waals surface area (Å²) >= 11 is 0. The van der Waals surface area contributed by atoms with Crippen LogP contribution in [0, 0.1) is 5.82 Å². The molecule has 1 aliphatic heterocycles. The van der Waals surface area contributed by atoms with Gasteiger partial charge >= 0.3 is 0 Å². The number of rotatable bonds is 5. The van der Waals surface area contributed by atoms with E-state index >= 15 is 0 Å². The van der Waals surface area contributed by atoms with Crippen LogP contribution in [0.25, 0.3) is 22.5 Å². The zero-order valence-corrected chi connectivity index (χ0v) is 14.7. The largest absolute Gasteiger partial charge is 0.396 e. The summed E-state index contributed by atoms with van der Waals surface area (Å²) in [6, 6.07) is 12.0. The lowest BCUT2D eigenvalue weighted by Gasteiger charge is -2.23. The number of nitrogens with zero attached hydrogens (tertiary/aromatic N) is 1. The van der Waals surface area contributed by atoms with E-state index in [0.29, 0.717) is 29.7 Å². The van der Waals surface area contributed by atoms with Crippen molar-refractivity contribution in [1.29, 1.82) is 0 Å². The number of aromatic nitrogens is 2. The highest BCUT2D eigenvalue weighted by atomic mass is 19.1. The molecule has 3 N–H and O–H groups in total. The van der Waals surface area contributed by atoms with E-state index < -0.39 is 0 Å². The van der Waals surface area contributed by atoms with Crippen molar-refractivity contribution in [3.05, 3.63) is 65.7 Å². The summed E-state index contributed by atoms with van der Waals surface area (Å²) < 4.78 is 14.1. The molecule has 6 heteroatoms. The maximum atomic E-state index is 14.1. The number of pyridine rings is 1. The molecule has 3 heterocycles. The zero-order chi connectivity index (χ0) is 18.8. The Morgan fingerprint density at radius 1 is 1.19 bits per heavy atom. The van der Waals surface area contributed by atoms with Crippen molar-refractivity contribution >= 4 is 5.91 Å². The van der Waals surface area contributed by atoms with Gasteiger partial charge in [0.05, 0.1) is 11.3 Å². The smallest absolute Gasteiger partial charge is 0.253 e. The summed E-state index contributed by atoms with van der Waals surface area (Å²) in [4.78, 5) is 20.0. The van der Waals surface area contributed by atoms with Gasteiger partial charge in [-0.3, -0.25) is 9.78 Å². The number of aromatic amines is 1. The average Bonchev–Trinajstić information content (AvgIpc) is 3.12. The number of hydrogen-bond donors (Lipinski definition) is 3. The predicted octanol–water partition coefficient (Wildman–Crippen LogP) is 3.31. The maximum Gasteiger partial charge on any atom is 0.253 e. The summed E-state index contributed by atoms with van der Waals surface area (Å²) in [6.45, 7) is 0.116. The molecule has 138 valence electrons. The lowest BCUT2D eigenvalue weighted by Crippen LogP contribution is -2.41. The molecule has 0 saturated heterocycles. The second-order valence-corrected chi connectivity index (χ2v) is 6.73. The van der Waals surface area contributed by atoms with Crippen LogP contribution < -0.4 is 5.32 Å². The van der Waals surface area contributed by atoms with Crippen LogP contribution in [0.5, 0.6) is 0 Å². The van der Waals surface area contributed by atoms with Gasteiger partial charge in [-0.25, -0.2) is 4.39 Å². The Balaban J connectivity index is 1.65. The van der Waals surface area contributed by atoms with Gasteiger partial charge in [-0.05, 0) is 43.2 Å². The Bertz CT molecular complexity index is 983. The lowest BCUT2D eigenvalue weighted by molar-refractivity contribution is 0.0920. The van der Waals surface area contributed by atoms with Crippen LogP contribution in [0.15, 0.2) is 48.7 Å². The van der Waals surface area contributed by atoms with Gasteiger partial charge in [0.25, 0.3) is 5.91 Å². The summed E-state index contributed by atoms with van der Waals surface area (Å²) in [5.41, 5.74) is 4.16. The monoisotopic (exact) mass is 365 g/mol. The first kappa shape index (κ1) is 17.4. The van der Waals surface area contributed by atoms with E-state index in [1.807, 2.05) is 18.2 Å². The Morgan fingerprint density at radius 3 is 2.85 bits per heavy atom. The van der Waals surface area contributed by atoms with Crippen LogP contribution >= 0.6 is 0 Å². The zero-order valence-electron chi connectivity index (χ0n) is 14.7. The quantitative estimate of drug-likeness (QED) is 0.649. The van der Waals surface area contributed by atoms with E-state index in [-0.39, 0.29) is 24.4 Å². The number of halogens is 1. The summed E-state index contributed by atoms with van der Waals surface area (Å²) in [5, 5.41) is 12.0. The van der Waals surface area contributed by atoms with Gasteiger partial charge in [0.1, 0.15) is 5.82 Å². The second-order valence-electron chi connectivity index (χ2n) is 6.73. The highest BCUT2D eigenvalue weighted by Crippen LogP contribution is 2.29. The molecular formula is C21H20FN3O2. The molecule has 0 spiro atoms. The first-order valence-corrected chi connectivity index (χ1v) is 9.00. The minimum atomic E-state index is -0.320. The van der Waals surface area contributed by atoms with Gasteiger partial charge in [-0.2, -0.15) is 0 Å². The normalized spacial score (nSPS) is 16.1. The second kappa shape index (κ2) is 7.32. The Morgan fingerprint density at radius 2 is 2.04 bits per heavy atom. The molecule has 5 nitrogen and oxygen atoms in total. The standard InChI is InChI=1S/C21H20FN3O2/c22-17-6-2-1-5-15(17)19-10-13(7-8-23-19)18-12-16-20(25-18)11-14(4-3-9-26)24-21(16)27/h1-2,5-8,10,12,14,25-26H,3-4,9,11H2,(H,24,27). The van der Waals surface area contributed by atoms with Crippen LogP contribution in [0.4, 0.5) is 4.39 Å². The molecule has 1 amide bonds. The fourth-order valence-corrected chi connectivity index (χ4v) is 3.50. The molecule has 1 aliphatic rings. The van der Waals surface area contributed by atoms with Crippen molar-refractivity contribution < 1.29 is 14.3 Å². The molecule has 0 saturated carbocycles. The molecule has 2 aromatic heterocycles. The van der Waals surface area contributed by atoms with Crippen molar-refractivity contribution in [1.82, 2.24) is 15.3 Å². The molecule has 0 radical (unpaired) electrons. The van der Waals surface area contributed by atoms with Crippen molar-refractivity contribution in [2.24, 2.45) is 0 Å². The number of hydrogen-bond acceptors (Lipinski definition) is 3. The van der Waals surface area contributed by atoms with Gasteiger partial charge in [-0.1, -0.05) is 12.1 Å². The van der Waals surface area contributed by atoms with Crippen LogP contribution in [-0.4, -0.2) is 33.6 Å². The summed E-state index contributed by atoms with van der Waals surface area (Å²) in [6.07, 6.45) is 3.74. The number of benzene rings is 1. The van der Waals surface area contributed by atoms with Gasteiger partial charge in [0.2, 0.25) is 0 Å². The molecular weight excluding hydrogens is 345 g/mol. The summed E-state index contributed by atoms with van der Waals surface area (Å²) in [5.74, 6) is -0.427. The third kappa shape index (κ3) is 3.48. The van der Waals surface area contributed by atoms with E-state index in [0.717, 1.165) is 23.4 Å². The van der Waals surface area contributed by atoms with Gasteiger partial charge < -0.3 is 15.4 Å². The van der Waals surface area contributed by atoms with Crippen LogP contribution in [0.1, 0.15) is 28.9 Å². The fourth-order valence-electron chi connectivity index (χ4n) is 3.50. The molecule has 1 unspecified atom stereocenters. The van der Waals surface area contributed by atoms with E-state index in [4.69, 9.17) is 5.11 Å². The Labute approximate surface area is 156 Å². The molecule has 0 bridgehead atoms. The molecule has 0 fully saturated rings. The topological polar surface area (TPSA) is 78.0 Å². The number of H-pyrrole nitrogens is 1. The third-order valence-corrected chi connectivity index (χ3v) is 4.86. The lowest BCUT2D eigenvalue weighted by atomic mass is 9.98. The number of aliphatic hydroxyl groups is 1. The van der Waals surface area contributed by atoms with Crippen molar-refractivity contribution in [3.63, 3.8) is 0 Å². The third-order valence-electron chi connectivity index (χ3n) is 4.86. The van der Waals surface area contributed by atoms with Crippen LogP contribution in [0.2, 0.25) is 0 Å². The van der Waals surface area contributed by atoms with E-state index in [1.165, 1.54) is 6.07 Å². The molecule has 1 atom stereocenters. The minimum absolute atomic E-state index is 0.0232. The maximum absolute atomic E-state index is 14.1. The van der Waals surface area contributed by atoms with Gasteiger partial charge in [0.15, 0.2) is 0 Å². The highest BCUT2D eigenvalue weighted by molar-refractivity contribution is 5.98. The van der Waals surface area contributed by atoms with Crippen LogP contribution in [0.3, 0.4) is 0 Å². The number of amides is 1. The Kier molecular flexibility index (Phi) is 4.73. The van der Waals surface area contributed by atoms with Crippen LogP contribution in [-0.2, 0) is 6.42 Å². The molecule has 1 aromatic carbocycles. The van der Waals surface area contributed by atoms with E-state index in [9.17, 15) is 9.18 Å². The molecule has 0 aliphatic carbocycles. The van der Waals surface area contributed by atoms with Gasteiger partial charge in [-0.15, -0.1) is 0 Å². The minimum Gasteiger partial charge on any atom is -0.396 e. The van der Waals surface area contributed by atoms with E-state index in [2.05, 4.69) is 15.3 Å². The number of carbonyl (C=O) groups excluding carboxylic acids is 1. The fraction of sp³-hybridized carbons (Fsp3) is 0.238. The molecule has 4 rings (SSSR count). The first-order chi connectivity index (χ1) is 13.2.